The number of benzene rings is 2. The first-order chi connectivity index (χ1) is 13.5. The summed E-state index contributed by atoms with van der Waals surface area (Å²) in [6.07, 6.45) is 1.53. The first kappa shape index (κ1) is 18.3. The first-order valence-electron chi connectivity index (χ1n) is 8.16. The standard InChI is InChI=1S/C19H12BrN3O4S/c20-13-6-7-16-17(10-13)28-19(21-16)22(11-15-5-2-8-27-15)18(24)12-3-1-4-14(9-12)23(25)26/h1-10H,11H2. The molecule has 2 heterocycles. The van der Waals surface area contributed by atoms with Crippen LogP contribution in [0.1, 0.15) is 16.1 Å². The van der Waals surface area contributed by atoms with Gasteiger partial charge in [0.2, 0.25) is 0 Å². The number of anilines is 1. The van der Waals surface area contributed by atoms with E-state index in [9.17, 15) is 14.9 Å². The Balaban J connectivity index is 1.77. The van der Waals surface area contributed by atoms with E-state index in [4.69, 9.17) is 4.42 Å². The molecule has 0 aliphatic heterocycles. The lowest BCUT2D eigenvalue weighted by atomic mass is 10.2. The van der Waals surface area contributed by atoms with Crippen molar-refractivity contribution in [1.82, 2.24) is 4.98 Å². The molecule has 140 valence electrons. The molecule has 0 aliphatic carbocycles. The van der Waals surface area contributed by atoms with Crippen LogP contribution < -0.4 is 4.90 Å². The zero-order valence-corrected chi connectivity index (χ0v) is 16.6. The van der Waals surface area contributed by atoms with Crippen molar-refractivity contribution in [3.05, 3.63) is 86.8 Å². The molecule has 0 N–H and O–H groups in total. The summed E-state index contributed by atoms with van der Waals surface area (Å²) in [4.78, 5) is 29.8. The summed E-state index contributed by atoms with van der Waals surface area (Å²) >= 11 is 4.80. The molecule has 4 rings (SSSR count). The Morgan fingerprint density at radius 2 is 2.07 bits per heavy atom. The lowest BCUT2D eigenvalue weighted by molar-refractivity contribution is -0.384. The van der Waals surface area contributed by atoms with Crippen LogP contribution in [0.3, 0.4) is 0 Å². The van der Waals surface area contributed by atoms with Crippen molar-refractivity contribution in [3.8, 4) is 0 Å². The van der Waals surface area contributed by atoms with Crippen molar-refractivity contribution in [2.45, 2.75) is 6.54 Å². The molecule has 0 unspecified atom stereocenters. The molecule has 0 saturated carbocycles. The van der Waals surface area contributed by atoms with Gasteiger partial charge in [0.15, 0.2) is 5.13 Å². The van der Waals surface area contributed by atoms with Crippen LogP contribution in [0.2, 0.25) is 0 Å². The highest BCUT2D eigenvalue weighted by Crippen LogP contribution is 2.32. The molecule has 0 bridgehead atoms. The van der Waals surface area contributed by atoms with Gasteiger partial charge in [-0.15, -0.1) is 0 Å². The molecule has 2 aromatic heterocycles. The van der Waals surface area contributed by atoms with Crippen LogP contribution in [-0.2, 0) is 6.54 Å². The van der Waals surface area contributed by atoms with E-state index in [0.717, 1.165) is 14.7 Å². The molecular formula is C19H12BrN3O4S. The number of aromatic nitrogens is 1. The zero-order valence-electron chi connectivity index (χ0n) is 14.2. The van der Waals surface area contributed by atoms with E-state index in [2.05, 4.69) is 20.9 Å². The lowest BCUT2D eigenvalue weighted by Gasteiger charge is -2.18. The average molecular weight is 458 g/mol. The zero-order chi connectivity index (χ0) is 19.7. The highest BCUT2D eigenvalue weighted by Gasteiger charge is 2.24. The Morgan fingerprint density at radius 1 is 1.21 bits per heavy atom. The van der Waals surface area contributed by atoms with Crippen LogP contribution >= 0.6 is 27.3 Å². The van der Waals surface area contributed by atoms with Crippen molar-refractivity contribution in [2.24, 2.45) is 0 Å². The van der Waals surface area contributed by atoms with E-state index >= 15 is 0 Å². The molecule has 4 aromatic rings. The summed E-state index contributed by atoms with van der Waals surface area (Å²) in [5.41, 5.74) is 0.831. The van der Waals surface area contributed by atoms with E-state index in [-0.39, 0.29) is 17.8 Å². The summed E-state index contributed by atoms with van der Waals surface area (Å²) in [6.45, 7) is 0.162. The van der Waals surface area contributed by atoms with Gasteiger partial charge in [-0.2, -0.15) is 0 Å². The SMILES string of the molecule is O=C(c1cccc([N+](=O)[O-])c1)N(Cc1ccco1)c1nc2ccc(Br)cc2s1. The normalized spacial score (nSPS) is 10.9. The second kappa shape index (κ2) is 7.53. The van der Waals surface area contributed by atoms with Gasteiger partial charge in [0.25, 0.3) is 11.6 Å². The summed E-state index contributed by atoms with van der Waals surface area (Å²) in [5, 5.41) is 11.6. The predicted octanol–water partition coefficient (Wildman–Crippen LogP) is 5.41. The molecule has 7 nitrogen and oxygen atoms in total. The number of carbonyl (C=O) groups is 1. The van der Waals surface area contributed by atoms with Crippen LogP contribution in [0.4, 0.5) is 10.8 Å². The highest BCUT2D eigenvalue weighted by molar-refractivity contribution is 9.10. The van der Waals surface area contributed by atoms with Crippen LogP contribution in [0.5, 0.6) is 0 Å². The van der Waals surface area contributed by atoms with Gasteiger partial charge in [-0.1, -0.05) is 33.3 Å². The van der Waals surface area contributed by atoms with Gasteiger partial charge in [-0.25, -0.2) is 4.98 Å². The molecule has 0 spiro atoms. The van der Waals surface area contributed by atoms with Crippen LogP contribution in [0.15, 0.2) is 69.8 Å². The number of thiazole rings is 1. The summed E-state index contributed by atoms with van der Waals surface area (Å²) in [6, 6.07) is 14.8. The Kier molecular flexibility index (Phi) is 4.93. The van der Waals surface area contributed by atoms with E-state index < -0.39 is 10.8 Å². The Labute approximate surface area is 171 Å². The average Bonchev–Trinajstić information content (AvgIpc) is 3.34. The molecule has 28 heavy (non-hydrogen) atoms. The largest absolute Gasteiger partial charge is 0.467 e. The van der Waals surface area contributed by atoms with Gasteiger partial charge in [0.1, 0.15) is 5.76 Å². The number of carbonyl (C=O) groups excluding carboxylic acids is 1. The molecule has 2 aromatic carbocycles. The molecule has 0 fully saturated rings. The van der Waals surface area contributed by atoms with E-state index in [1.165, 1.54) is 40.7 Å². The fourth-order valence-electron chi connectivity index (χ4n) is 2.69. The number of fused-ring (bicyclic) bond motifs is 1. The van der Waals surface area contributed by atoms with E-state index in [0.29, 0.717) is 10.9 Å². The summed E-state index contributed by atoms with van der Waals surface area (Å²) in [7, 11) is 0. The second-order valence-electron chi connectivity index (χ2n) is 5.89. The predicted molar refractivity (Wildman–Crippen MR) is 110 cm³/mol. The molecule has 0 radical (unpaired) electrons. The number of nitrogens with zero attached hydrogens (tertiary/aromatic N) is 3. The molecular weight excluding hydrogens is 446 g/mol. The molecule has 9 heteroatoms. The fourth-order valence-corrected chi connectivity index (χ4v) is 4.21. The van der Waals surface area contributed by atoms with Crippen LogP contribution in [0.25, 0.3) is 10.2 Å². The van der Waals surface area contributed by atoms with Gasteiger partial charge in [0, 0.05) is 22.2 Å². The quantitative estimate of drug-likeness (QED) is 0.295. The van der Waals surface area contributed by atoms with Crippen molar-refractivity contribution < 1.29 is 14.1 Å². The van der Waals surface area contributed by atoms with Gasteiger partial charge in [-0.05, 0) is 36.4 Å². The smallest absolute Gasteiger partial charge is 0.270 e. The minimum Gasteiger partial charge on any atom is -0.467 e. The number of halogens is 1. The Hall–Kier alpha value is -3.04. The number of non-ortho nitro benzene ring substituents is 1. The maximum absolute atomic E-state index is 13.2. The molecule has 0 atom stereocenters. The third-order valence-corrected chi connectivity index (χ3v) is 5.55. The van der Waals surface area contributed by atoms with Crippen molar-refractivity contribution >= 4 is 54.2 Å². The van der Waals surface area contributed by atoms with Crippen molar-refractivity contribution in [3.63, 3.8) is 0 Å². The van der Waals surface area contributed by atoms with Gasteiger partial charge in [0.05, 0.1) is 27.9 Å². The first-order valence-corrected chi connectivity index (χ1v) is 9.77. The second-order valence-corrected chi connectivity index (χ2v) is 7.81. The number of hydrogen-bond donors (Lipinski definition) is 0. The van der Waals surface area contributed by atoms with Gasteiger partial charge < -0.3 is 4.42 Å². The third-order valence-electron chi connectivity index (χ3n) is 4.01. The molecule has 0 aliphatic rings. The summed E-state index contributed by atoms with van der Waals surface area (Å²) < 4.78 is 7.23. The minimum absolute atomic E-state index is 0.142. The Morgan fingerprint density at radius 3 is 2.82 bits per heavy atom. The monoisotopic (exact) mass is 457 g/mol. The van der Waals surface area contributed by atoms with E-state index in [1.807, 2.05) is 18.2 Å². The highest BCUT2D eigenvalue weighted by atomic mass is 79.9. The van der Waals surface area contributed by atoms with Gasteiger partial charge >= 0.3 is 0 Å². The Bertz CT molecular complexity index is 1170. The molecule has 1 amide bonds. The topological polar surface area (TPSA) is 89.5 Å². The molecule has 0 saturated heterocycles. The van der Waals surface area contributed by atoms with Crippen LogP contribution in [-0.4, -0.2) is 15.8 Å². The number of furan rings is 1. The minimum atomic E-state index is -0.525. The number of hydrogen-bond acceptors (Lipinski definition) is 6. The number of amides is 1. The van der Waals surface area contributed by atoms with Crippen molar-refractivity contribution in [1.29, 1.82) is 0 Å². The number of rotatable bonds is 5. The lowest BCUT2D eigenvalue weighted by Crippen LogP contribution is -2.30. The van der Waals surface area contributed by atoms with Crippen molar-refractivity contribution in [2.75, 3.05) is 4.90 Å². The number of nitro groups is 1. The van der Waals surface area contributed by atoms with Gasteiger partial charge in [-0.3, -0.25) is 19.8 Å². The third kappa shape index (κ3) is 3.67. The number of nitro benzene ring substituents is 1. The summed E-state index contributed by atoms with van der Waals surface area (Å²) in [5.74, 6) is 0.192. The van der Waals surface area contributed by atoms with Crippen LogP contribution in [0, 0.1) is 10.1 Å². The van der Waals surface area contributed by atoms with E-state index in [1.54, 1.807) is 18.2 Å². The maximum Gasteiger partial charge on any atom is 0.270 e. The fraction of sp³-hybridized carbons (Fsp3) is 0.0526. The maximum atomic E-state index is 13.2.